The summed E-state index contributed by atoms with van der Waals surface area (Å²) in [7, 11) is 2.42. The van der Waals surface area contributed by atoms with Crippen LogP contribution in [0.1, 0.15) is 96.9 Å². The Labute approximate surface area is 236 Å². The predicted octanol–water partition coefficient (Wildman–Crippen LogP) is 9.06. The van der Waals surface area contributed by atoms with Crippen molar-refractivity contribution in [2.24, 2.45) is 0 Å². The molecular weight excluding hydrogens is 531 g/mol. The number of allylic oxidation sites excluding steroid dienone is 4. The van der Waals surface area contributed by atoms with Gasteiger partial charge in [0.2, 0.25) is 0 Å². The third kappa shape index (κ3) is 5.17. The molecule has 0 N–H and O–H groups in total. The van der Waals surface area contributed by atoms with E-state index in [-0.39, 0.29) is 35.6 Å². The largest absolute Gasteiger partial charge is 0.147 e. The molecule has 0 aromatic heterocycles. The van der Waals surface area contributed by atoms with Gasteiger partial charge >= 0.3 is 213 Å². The molecule has 0 aliphatic heterocycles. The second-order valence-electron chi connectivity index (χ2n) is 13.8. The molecule has 0 spiro atoms. The zero-order chi connectivity index (χ0) is 25.3. The molecule has 36 heavy (non-hydrogen) atoms. The molecule has 198 valence electrons. The van der Waals surface area contributed by atoms with Crippen molar-refractivity contribution >= 4 is 36.3 Å². The van der Waals surface area contributed by atoms with Crippen molar-refractivity contribution in [2.45, 2.75) is 102 Å². The van der Waals surface area contributed by atoms with Crippen molar-refractivity contribution in [3.8, 4) is 11.1 Å². The molecule has 0 fully saturated rings. The van der Waals surface area contributed by atoms with Crippen molar-refractivity contribution in [3.05, 3.63) is 73.7 Å². The van der Waals surface area contributed by atoms with Gasteiger partial charge in [0.25, 0.3) is 0 Å². The Morgan fingerprint density at radius 3 is 1.97 bits per heavy atom. The fourth-order valence-electron chi connectivity index (χ4n) is 6.71. The molecule has 2 aromatic carbocycles. The Morgan fingerprint density at radius 2 is 1.44 bits per heavy atom. The zero-order valence-corrected chi connectivity index (χ0v) is 28.9. The van der Waals surface area contributed by atoms with Crippen LogP contribution in [0.5, 0.6) is 0 Å². The van der Waals surface area contributed by atoms with E-state index in [1.807, 2.05) is 3.88 Å². The maximum absolute atomic E-state index is 3.23. The molecule has 2 aliphatic rings. The summed E-state index contributed by atoms with van der Waals surface area (Å²) in [6, 6.07) is 12.2. The number of halogens is 2. The van der Waals surface area contributed by atoms with Gasteiger partial charge in [0.1, 0.15) is 0 Å². The summed E-state index contributed by atoms with van der Waals surface area (Å²) < 4.78 is 3.61. The molecular formula is C32H48Cl2SiTi. The van der Waals surface area contributed by atoms with Gasteiger partial charge in [-0.25, -0.2) is 0 Å². The first-order chi connectivity index (χ1) is 15.6. The van der Waals surface area contributed by atoms with Crippen molar-refractivity contribution in [2.75, 3.05) is 0 Å². The molecule has 0 saturated heterocycles. The van der Waals surface area contributed by atoms with Crippen LogP contribution in [-0.4, -0.2) is 7.63 Å². The molecule has 2 aromatic rings. The summed E-state index contributed by atoms with van der Waals surface area (Å²) in [6.07, 6.45) is 7.16. The van der Waals surface area contributed by atoms with E-state index in [0.29, 0.717) is 0 Å². The minimum Gasteiger partial charge on any atom is -0.147 e. The Hall–Kier alpha value is -0.569. The summed E-state index contributed by atoms with van der Waals surface area (Å²) in [5.74, 6) is 0. The van der Waals surface area contributed by atoms with Crippen molar-refractivity contribution in [3.63, 3.8) is 0 Å². The molecule has 2 aliphatic carbocycles. The van der Waals surface area contributed by atoms with Crippen molar-refractivity contribution < 1.29 is 14.0 Å². The summed E-state index contributed by atoms with van der Waals surface area (Å²) >= 11 is -3.23. The van der Waals surface area contributed by atoms with Crippen LogP contribution in [0.4, 0.5) is 0 Å². The van der Waals surface area contributed by atoms with Crippen LogP contribution >= 0.6 is 24.8 Å². The smallest absolute Gasteiger partial charge is 0.147 e. The summed E-state index contributed by atoms with van der Waals surface area (Å²) in [5, 5.41) is 5.45. The summed E-state index contributed by atoms with van der Waals surface area (Å²) in [6.45, 7) is 19.0. The van der Waals surface area contributed by atoms with E-state index in [4.69, 9.17) is 0 Å². The van der Waals surface area contributed by atoms with Crippen molar-refractivity contribution in [1.29, 1.82) is 0 Å². The number of hydrogen-bond donors (Lipinski definition) is 0. The fraction of sp³-hybridized carbons (Fsp3) is 0.500. The summed E-state index contributed by atoms with van der Waals surface area (Å²) in [4.78, 5) is 0. The third-order valence-corrected chi connectivity index (χ3v) is 19.0. The molecule has 0 radical (unpaired) electrons. The second kappa shape index (κ2) is 10.2. The third-order valence-electron chi connectivity index (χ3n) is 8.56. The van der Waals surface area contributed by atoms with Crippen molar-refractivity contribution in [1.82, 2.24) is 0 Å². The standard InChI is InChI=1S/C21H25.C9H13.2CH3.2ClH.H2Si.Ti/c1-20(2,3)16-7-9-18-14(12-16)11-15-13-17(21(4,5)6)8-10-19(15)18;1-3-8-6-5-7-9(8)4-2;;;;;;/h7-10,12H,11H2,1-6H3;6H,3-5H2,1-2H3;2*1H3;2*1H;1H2;. The zero-order valence-electron chi connectivity index (χ0n) is 24.3. The van der Waals surface area contributed by atoms with Crippen LogP contribution in [0, 0.1) is 0 Å². The van der Waals surface area contributed by atoms with Gasteiger partial charge in [-0.2, -0.15) is 0 Å². The molecule has 0 saturated carbocycles. The minimum atomic E-state index is -3.23. The maximum Gasteiger partial charge on any atom is -0.147 e. The molecule has 0 atom stereocenters. The predicted molar refractivity (Wildman–Crippen MR) is 167 cm³/mol. The average Bonchev–Trinajstić information content (AvgIpc) is 3.32. The van der Waals surface area contributed by atoms with Crippen LogP contribution in [0.2, 0.25) is 10.5 Å². The molecule has 4 rings (SSSR count). The van der Waals surface area contributed by atoms with Crippen LogP contribution < -0.4 is 3.87 Å². The van der Waals surface area contributed by atoms with E-state index in [1.165, 1.54) is 35.1 Å². The molecule has 0 amide bonds. The quantitative estimate of drug-likeness (QED) is 0.271. The first kappa shape index (κ1) is 31.6. The summed E-state index contributed by atoms with van der Waals surface area (Å²) in [5.41, 5.74) is 12.8. The van der Waals surface area contributed by atoms with Crippen LogP contribution in [0.3, 0.4) is 0 Å². The van der Waals surface area contributed by atoms with Gasteiger partial charge in [-0.15, -0.1) is 24.8 Å². The van der Waals surface area contributed by atoms with Gasteiger partial charge < -0.3 is 0 Å². The van der Waals surface area contributed by atoms with Gasteiger partial charge in [0.15, 0.2) is 0 Å². The Balaban J connectivity index is 0.00000228. The molecule has 0 bridgehead atoms. The Bertz CT molecular complexity index is 1310. The van der Waals surface area contributed by atoms with E-state index in [9.17, 15) is 0 Å². The first-order valence-corrected chi connectivity index (χ1v) is 22.1. The number of rotatable bonds is 4. The fourth-order valence-corrected chi connectivity index (χ4v) is 17.5. The van der Waals surface area contributed by atoms with Gasteiger partial charge in [-0.3, -0.25) is 0 Å². The molecule has 4 heteroatoms. The SMILES string of the molecule is CCC1=CC[C]([Ti]([CH3])([CH3])(=[SiH2])[c]2c(C(C)(C)C)ccc3c2Cc2cc(C(C)(C)C)ccc2-3)=C1CC.Cl.Cl. The monoisotopic (exact) mass is 578 g/mol. The van der Waals surface area contributed by atoms with E-state index in [1.54, 1.807) is 26.1 Å². The maximum atomic E-state index is 2.72. The van der Waals surface area contributed by atoms with Crippen LogP contribution in [-0.2, 0) is 31.3 Å². The first-order valence-electron chi connectivity index (χ1n) is 13.4. The van der Waals surface area contributed by atoms with Crippen LogP contribution in [0.25, 0.3) is 11.1 Å². The number of fused-ring (bicyclic) bond motifs is 3. The minimum absolute atomic E-state index is 0. The normalized spacial score (nSPS) is 15.7. The average molecular weight is 580 g/mol. The van der Waals surface area contributed by atoms with Crippen LogP contribution in [0.15, 0.2) is 51.4 Å². The molecule has 0 heterocycles. The van der Waals surface area contributed by atoms with E-state index in [0.717, 1.165) is 12.8 Å². The molecule has 0 nitrogen and oxygen atoms in total. The van der Waals surface area contributed by atoms with Gasteiger partial charge in [-0.05, 0) is 0 Å². The second-order valence-corrected chi connectivity index (χ2v) is 32.7. The van der Waals surface area contributed by atoms with E-state index in [2.05, 4.69) is 110 Å². The van der Waals surface area contributed by atoms with Gasteiger partial charge in [0, 0.05) is 0 Å². The molecule has 0 unspecified atom stereocenters. The Morgan fingerprint density at radius 1 is 0.833 bits per heavy atom. The van der Waals surface area contributed by atoms with Gasteiger partial charge in [-0.1, -0.05) is 0 Å². The number of benzene rings is 2. The number of hydrogen-bond acceptors (Lipinski definition) is 0. The van der Waals surface area contributed by atoms with E-state index >= 15 is 0 Å². The topological polar surface area (TPSA) is 0 Å². The van der Waals surface area contributed by atoms with Gasteiger partial charge in [0.05, 0.1) is 0 Å². The van der Waals surface area contributed by atoms with E-state index < -0.39 is 14.0 Å². The Kier molecular flexibility index (Phi) is 8.96.